The molecule has 0 bridgehead atoms. The molecule has 0 spiro atoms. The third kappa shape index (κ3) is 6.63. The highest BCUT2D eigenvalue weighted by molar-refractivity contribution is 5.93. The van der Waals surface area contributed by atoms with Crippen LogP contribution in [-0.2, 0) is 9.53 Å². The zero-order valence-corrected chi connectivity index (χ0v) is 15.1. The molecule has 0 aromatic heterocycles. The zero-order chi connectivity index (χ0) is 20.7. The largest absolute Gasteiger partial charge is 0.440 e. The van der Waals surface area contributed by atoms with Crippen LogP contribution in [0, 0.1) is 5.92 Å². The summed E-state index contributed by atoms with van der Waals surface area (Å²) in [7, 11) is 1.49. The Kier molecular flexibility index (Phi) is 7.07. The van der Waals surface area contributed by atoms with E-state index in [0.29, 0.717) is 24.2 Å². The van der Waals surface area contributed by atoms with Crippen molar-refractivity contribution in [3.63, 3.8) is 0 Å². The van der Waals surface area contributed by atoms with E-state index in [4.69, 9.17) is 0 Å². The lowest BCUT2D eigenvalue weighted by atomic mass is 9.96. The van der Waals surface area contributed by atoms with E-state index in [-0.39, 0.29) is 30.9 Å². The lowest BCUT2D eigenvalue weighted by Gasteiger charge is -2.30. The molecule has 11 heteroatoms. The average molecular weight is 402 g/mol. The van der Waals surface area contributed by atoms with Crippen LogP contribution < -0.4 is 16.0 Å². The molecular weight excluding hydrogens is 381 g/mol. The van der Waals surface area contributed by atoms with Crippen molar-refractivity contribution in [1.82, 2.24) is 10.2 Å². The summed E-state index contributed by atoms with van der Waals surface area (Å²) >= 11 is 0. The molecule has 154 valence electrons. The van der Waals surface area contributed by atoms with Crippen LogP contribution in [0.2, 0.25) is 0 Å². The van der Waals surface area contributed by atoms with Gasteiger partial charge in [-0.05, 0) is 37.1 Å². The van der Waals surface area contributed by atoms with Gasteiger partial charge in [-0.3, -0.25) is 4.79 Å². The molecule has 0 radical (unpaired) electrons. The number of carbonyl (C=O) groups is 3. The molecule has 1 aromatic carbocycles. The summed E-state index contributed by atoms with van der Waals surface area (Å²) in [4.78, 5) is 36.3. The molecule has 8 nitrogen and oxygen atoms in total. The van der Waals surface area contributed by atoms with Crippen molar-refractivity contribution in [2.75, 3.05) is 37.4 Å². The van der Waals surface area contributed by atoms with Crippen LogP contribution in [0.15, 0.2) is 24.3 Å². The number of nitrogens with zero attached hydrogens (tertiary/aromatic N) is 1. The number of urea groups is 1. The Labute approximate surface area is 159 Å². The SMILES string of the molecule is CNC(=O)Nc1ccc(NC(=O)C2CCN(C(=O)OCC(F)(F)F)CC2)cc1. The Morgan fingerprint density at radius 3 is 2.11 bits per heavy atom. The second kappa shape index (κ2) is 9.29. The van der Waals surface area contributed by atoms with Gasteiger partial charge < -0.3 is 25.6 Å². The third-order valence-corrected chi connectivity index (χ3v) is 4.12. The molecule has 4 amide bonds. The van der Waals surface area contributed by atoms with E-state index < -0.39 is 18.9 Å². The summed E-state index contributed by atoms with van der Waals surface area (Å²) in [6, 6.07) is 6.16. The molecule has 1 saturated heterocycles. The Balaban J connectivity index is 1.79. The minimum atomic E-state index is -4.57. The monoisotopic (exact) mass is 402 g/mol. The maximum Gasteiger partial charge on any atom is 0.422 e. The normalized spacial score (nSPS) is 14.9. The molecule has 1 aromatic rings. The van der Waals surface area contributed by atoms with E-state index in [1.807, 2.05) is 0 Å². The van der Waals surface area contributed by atoms with Gasteiger partial charge in [0.25, 0.3) is 0 Å². The van der Waals surface area contributed by atoms with E-state index in [0.717, 1.165) is 4.90 Å². The summed E-state index contributed by atoms with van der Waals surface area (Å²) < 4.78 is 40.5. The first-order valence-corrected chi connectivity index (χ1v) is 8.56. The fourth-order valence-corrected chi connectivity index (χ4v) is 2.63. The van der Waals surface area contributed by atoms with Crippen LogP contribution >= 0.6 is 0 Å². The van der Waals surface area contributed by atoms with Crippen LogP contribution in [0.25, 0.3) is 0 Å². The first-order valence-electron chi connectivity index (χ1n) is 8.56. The number of benzene rings is 1. The van der Waals surface area contributed by atoms with Crippen molar-refractivity contribution in [2.24, 2.45) is 5.92 Å². The summed E-state index contributed by atoms with van der Waals surface area (Å²) in [5, 5.41) is 7.75. The second-order valence-corrected chi connectivity index (χ2v) is 6.20. The number of hydrogen-bond acceptors (Lipinski definition) is 4. The molecule has 1 aliphatic rings. The van der Waals surface area contributed by atoms with Crippen LogP contribution in [0.5, 0.6) is 0 Å². The number of hydrogen-bond donors (Lipinski definition) is 3. The van der Waals surface area contributed by atoms with Crippen molar-refractivity contribution < 1.29 is 32.3 Å². The molecule has 3 N–H and O–H groups in total. The van der Waals surface area contributed by atoms with Gasteiger partial charge in [-0.1, -0.05) is 0 Å². The smallest absolute Gasteiger partial charge is 0.422 e. The summed E-state index contributed by atoms with van der Waals surface area (Å²) in [5.74, 6) is -0.606. The number of nitrogens with one attached hydrogen (secondary N) is 3. The van der Waals surface area contributed by atoms with Crippen molar-refractivity contribution in [2.45, 2.75) is 19.0 Å². The van der Waals surface area contributed by atoms with Gasteiger partial charge in [0.15, 0.2) is 6.61 Å². The molecule has 0 saturated carbocycles. The van der Waals surface area contributed by atoms with Gasteiger partial charge in [0, 0.05) is 37.4 Å². The number of ether oxygens (including phenoxy) is 1. The molecule has 0 aliphatic carbocycles. The highest BCUT2D eigenvalue weighted by Gasteiger charge is 2.32. The van der Waals surface area contributed by atoms with Gasteiger partial charge in [-0.25, -0.2) is 9.59 Å². The standard InChI is InChI=1S/C17H21F3N4O4/c1-21-15(26)23-13-4-2-12(3-5-13)22-14(25)11-6-8-24(9-7-11)16(27)28-10-17(18,19)20/h2-5,11H,6-10H2,1H3,(H,22,25)(H2,21,23,26). The highest BCUT2D eigenvalue weighted by atomic mass is 19.4. The number of amides is 4. The van der Waals surface area contributed by atoms with E-state index in [2.05, 4.69) is 20.7 Å². The van der Waals surface area contributed by atoms with Gasteiger partial charge in [-0.2, -0.15) is 13.2 Å². The van der Waals surface area contributed by atoms with Gasteiger partial charge in [0.05, 0.1) is 0 Å². The average Bonchev–Trinajstić information content (AvgIpc) is 2.67. The van der Waals surface area contributed by atoms with E-state index in [1.54, 1.807) is 24.3 Å². The van der Waals surface area contributed by atoms with Crippen LogP contribution in [0.3, 0.4) is 0 Å². The molecule has 0 atom stereocenters. The van der Waals surface area contributed by atoms with Crippen LogP contribution in [0.4, 0.5) is 34.1 Å². The molecule has 1 aliphatic heterocycles. The minimum Gasteiger partial charge on any atom is -0.440 e. The molecule has 0 unspecified atom stereocenters. The number of anilines is 2. The van der Waals surface area contributed by atoms with Gasteiger partial charge >= 0.3 is 18.3 Å². The van der Waals surface area contributed by atoms with Crippen molar-refractivity contribution >= 4 is 29.4 Å². The quantitative estimate of drug-likeness (QED) is 0.721. The second-order valence-electron chi connectivity index (χ2n) is 6.20. The molecule has 1 heterocycles. The number of halogens is 3. The minimum absolute atomic E-state index is 0.143. The van der Waals surface area contributed by atoms with Crippen molar-refractivity contribution in [3.8, 4) is 0 Å². The maximum atomic E-state index is 12.3. The van der Waals surface area contributed by atoms with E-state index >= 15 is 0 Å². The fraction of sp³-hybridized carbons (Fsp3) is 0.471. The van der Waals surface area contributed by atoms with E-state index in [9.17, 15) is 27.6 Å². The van der Waals surface area contributed by atoms with Crippen LogP contribution in [-0.4, -0.2) is 55.9 Å². The Hall–Kier alpha value is -2.98. The number of carbonyl (C=O) groups excluding carboxylic acids is 3. The van der Waals surface area contributed by atoms with E-state index in [1.165, 1.54) is 7.05 Å². The lowest BCUT2D eigenvalue weighted by molar-refractivity contribution is -0.162. The number of alkyl halides is 3. The number of piperidine rings is 1. The summed E-state index contributed by atoms with van der Waals surface area (Å²) in [5.41, 5.74) is 1.10. The predicted octanol–water partition coefficient (Wildman–Crippen LogP) is 2.79. The van der Waals surface area contributed by atoms with Gasteiger partial charge in [0.2, 0.25) is 5.91 Å². The predicted molar refractivity (Wildman–Crippen MR) is 94.9 cm³/mol. The van der Waals surface area contributed by atoms with Crippen molar-refractivity contribution in [3.05, 3.63) is 24.3 Å². The van der Waals surface area contributed by atoms with Crippen molar-refractivity contribution in [1.29, 1.82) is 0 Å². The highest BCUT2D eigenvalue weighted by Crippen LogP contribution is 2.22. The first kappa shape index (κ1) is 21.3. The number of rotatable bonds is 4. The molecule has 28 heavy (non-hydrogen) atoms. The topological polar surface area (TPSA) is 99.8 Å². The summed E-state index contributed by atoms with van der Waals surface area (Å²) in [6.45, 7) is -1.34. The fourth-order valence-electron chi connectivity index (χ4n) is 2.63. The maximum absolute atomic E-state index is 12.3. The van der Waals surface area contributed by atoms with Gasteiger partial charge in [-0.15, -0.1) is 0 Å². The molecule has 2 rings (SSSR count). The van der Waals surface area contributed by atoms with Crippen LogP contribution in [0.1, 0.15) is 12.8 Å². The third-order valence-electron chi connectivity index (χ3n) is 4.12. The molecule has 1 fully saturated rings. The zero-order valence-electron chi connectivity index (χ0n) is 15.1. The lowest BCUT2D eigenvalue weighted by Crippen LogP contribution is -2.42. The number of likely N-dealkylation sites (tertiary alicyclic amines) is 1. The summed E-state index contributed by atoms with van der Waals surface area (Å²) in [6.07, 6.45) is -4.96. The first-order chi connectivity index (χ1) is 13.2. The Morgan fingerprint density at radius 2 is 1.61 bits per heavy atom. The Morgan fingerprint density at radius 1 is 1.07 bits per heavy atom. The Bertz CT molecular complexity index is 701. The molecular formula is C17H21F3N4O4. The van der Waals surface area contributed by atoms with Gasteiger partial charge in [0.1, 0.15) is 0 Å².